The quantitative estimate of drug-likeness (QED) is 0.817. The van der Waals surface area contributed by atoms with Gasteiger partial charge >= 0.3 is 0 Å². The number of hydrogen-bond acceptors (Lipinski definition) is 2. The van der Waals surface area contributed by atoms with Crippen LogP contribution in [0.1, 0.15) is 20.3 Å². The highest BCUT2D eigenvalue weighted by Gasteiger charge is 2.23. The third-order valence-corrected chi connectivity index (χ3v) is 3.75. The molecule has 0 unspecified atom stereocenters. The summed E-state index contributed by atoms with van der Waals surface area (Å²) in [5.41, 5.74) is 1.26. The van der Waals surface area contributed by atoms with E-state index in [-0.39, 0.29) is 5.92 Å². The number of piperazine rings is 1. The van der Waals surface area contributed by atoms with Gasteiger partial charge in [-0.1, -0.05) is 32.0 Å². The van der Waals surface area contributed by atoms with Gasteiger partial charge in [0.15, 0.2) is 0 Å². The summed E-state index contributed by atoms with van der Waals surface area (Å²) in [6.45, 7) is 7.66. The fraction of sp³-hybridized carbons (Fsp3) is 0.533. The van der Waals surface area contributed by atoms with Gasteiger partial charge in [-0.15, -0.1) is 0 Å². The van der Waals surface area contributed by atoms with Gasteiger partial charge in [0.25, 0.3) is 0 Å². The van der Waals surface area contributed by atoms with E-state index in [4.69, 9.17) is 0 Å². The largest absolute Gasteiger partial charge is 0.368 e. The van der Waals surface area contributed by atoms with Gasteiger partial charge in [0, 0.05) is 37.8 Å². The SMILES string of the molecule is CC[C@@H](C)C(=O)N1CCN(c2ccccc2)CC1. The van der Waals surface area contributed by atoms with E-state index in [9.17, 15) is 4.79 Å². The van der Waals surface area contributed by atoms with Crippen molar-refractivity contribution < 1.29 is 4.79 Å². The Morgan fingerprint density at radius 2 is 1.78 bits per heavy atom. The van der Waals surface area contributed by atoms with Crippen LogP contribution in [0.3, 0.4) is 0 Å². The van der Waals surface area contributed by atoms with Gasteiger partial charge in [-0.05, 0) is 18.6 Å². The first-order valence-corrected chi connectivity index (χ1v) is 6.81. The minimum absolute atomic E-state index is 0.160. The summed E-state index contributed by atoms with van der Waals surface area (Å²) in [5, 5.41) is 0. The maximum absolute atomic E-state index is 12.1. The number of rotatable bonds is 3. The molecular formula is C15H22N2O. The molecule has 0 spiro atoms. The van der Waals surface area contributed by atoms with E-state index in [1.807, 2.05) is 17.9 Å². The van der Waals surface area contributed by atoms with Crippen LogP contribution >= 0.6 is 0 Å². The molecule has 1 aromatic rings. The molecule has 98 valence electrons. The zero-order valence-electron chi connectivity index (χ0n) is 11.3. The van der Waals surface area contributed by atoms with Gasteiger partial charge in [0.05, 0.1) is 0 Å². The molecule has 1 fully saturated rings. The third kappa shape index (κ3) is 2.84. The average molecular weight is 246 g/mol. The van der Waals surface area contributed by atoms with Crippen LogP contribution < -0.4 is 4.90 Å². The third-order valence-electron chi connectivity index (χ3n) is 3.75. The maximum atomic E-state index is 12.1. The second-order valence-electron chi connectivity index (χ2n) is 4.96. The average Bonchev–Trinajstić information content (AvgIpc) is 2.47. The van der Waals surface area contributed by atoms with Crippen molar-refractivity contribution in [3.05, 3.63) is 30.3 Å². The number of carbonyl (C=O) groups excluding carboxylic acids is 1. The monoisotopic (exact) mass is 246 g/mol. The molecule has 0 aromatic heterocycles. The minimum Gasteiger partial charge on any atom is -0.368 e. The topological polar surface area (TPSA) is 23.6 Å². The van der Waals surface area contributed by atoms with Crippen molar-refractivity contribution >= 4 is 11.6 Å². The van der Waals surface area contributed by atoms with E-state index in [2.05, 4.69) is 36.1 Å². The van der Waals surface area contributed by atoms with Crippen molar-refractivity contribution in [1.29, 1.82) is 0 Å². The van der Waals surface area contributed by atoms with Crippen LogP contribution in [0.25, 0.3) is 0 Å². The number of hydrogen-bond donors (Lipinski definition) is 0. The van der Waals surface area contributed by atoms with Crippen molar-refractivity contribution in [2.75, 3.05) is 31.1 Å². The number of anilines is 1. The molecule has 1 amide bonds. The Morgan fingerprint density at radius 3 is 2.33 bits per heavy atom. The van der Waals surface area contributed by atoms with E-state index >= 15 is 0 Å². The van der Waals surface area contributed by atoms with Gasteiger partial charge in [-0.3, -0.25) is 4.79 Å². The Morgan fingerprint density at radius 1 is 1.17 bits per heavy atom. The van der Waals surface area contributed by atoms with Crippen LogP contribution in [0.15, 0.2) is 30.3 Å². The van der Waals surface area contributed by atoms with Crippen molar-refractivity contribution in [2.45, 2.75) is 20.3 Å². The number of benzene rings is 1. The summed E-state index contributed by atoms with van der Waals surface area (Å²) in [5.74, 6) is 0.471. The van der Waals surface area contributed by atoms with E-state index < -0.39 is 0 Å². The fourth-order valence-corrected chi connectivity index (χ4v) is 2.31. The van der Waals surface area contributed by atoms with Crippen LogP contribution in [0.2, 0.25) is 0 Å². The molecule has 0 bridgehead atoms. The summed E-state index contributed by atoms with van der Waals surface area (Å²) < 4.78 is 0. The van der Waals surface area contributed by atoms with Gasteiger partial charge in [-0.25, -0.2) is 0 Å². The summed E-state index contributed by atoms with van der Waals surface area (Å²) in [4.78, 5) is 16.4. The van der Waals surface area contributed by atoms with Crippen LogP contribution in [-0.2, 0) is 4.79 Å². The molecule has 1 aromatic carbocycles. The van der Waals surface area contributed by atoms with Crippen LogP contribution in [0.5, 0.6) is 0 Å². The van der Waals surface area contributed by atoms with Crippen molar-refractivity contribution in [3.8, 4) is 0 Å². The van der Waals surface area contributed by atoms with Crippen molar-refractivity contribution in [3.63, 3.8) is 0 Å². The lowest BCUT2D eigenvalue weighted by molar-refractivity contribution is -0.135. The molecule has 1 aliphatic rings. The normalized spacial score (nSPS) is 17.7. The molecule has 0 saturated carbocycles. The van der Waals surface area contributed by atoms with E-state index in [1.54, 1.807) is 0 Å². The smallest absolute Gasteiger partial charge is 0.225 e. The molecule has 0 radical (unpaired) electrons. The fourth-order valence-electron chi connectivity index (χ4n) is 2.31. The van der Waals surface area contributed by atoms with Gasteiger partial charge in [0.1, 0.15) is 0 Å². The maximum Gasteiger partial charge on any atom is 0.225 e. The molecule has 3 heteroatoms. The summed E-state index contributed by atoms with van der Waals surface area (Å²) in [6.07, 6.45) is 0.928. The first kappa shape index (κ1) is 12.9. The van der Waals surface area contributed by atoms with Crippen LogP contribution in [-0.4, -0.2) is 37.0 Å². The molecule has 1 atom stereocenters. The Labute approximate surface area is 109 Å². The lowest BCUT2D eigenvalue weighted by Gasteiger charge is -2.37. The number of amides is 1. The predicted molar refractivity (Wildman–Crippen MR) is 74.7 cm³/mol. The van der Waals surface area contributed by atoms with E-state index in [0.29, 0.717) is 5.91 Å². The minimum atomic E-state index is 0.160. The molecule has 1 saturated heterocycles. The van der Waals surface area contributed by atoms with E-state index in [0.717, 1.165) is 32.6 Å². The highest BCUT2D eigenvalue weighted by Crippen LogP contribution is 2.17. The zero-order valence-corrected chi connectivity index (χ0v) is 11.3. The predicted octanol–water partition coefficient (Wildman–Crippen LogP) is 2.38. The summed E-state index contributed by atoms with van der Waals surface area (Å²) in [7, 11) is 0. The Balaban J connectivity index is 1.90. The molecular weight excluding hydrogens is 224 g/mol. The Bertz CT molecular complexity index is 383. The van der Waals surface area contributed by atoms with Gasteiger partial charge in [0.2, 0.25) is 5.91 Å². The van der Waals surface area contributed by atoms with E-state index in [1.165, 1.54) is 5.69 Å². The highest BCUT2D eigenvalue weighted by molar-refractivity contribution is 5.78. The summed E-state index contributed by atoms with van der Waals surface area (Å²) >= 11 is 0. The number of nitrogens with zero attached hydrogens (tertiary/aromatic N) is 2. The standard InChI is InChI=1S/C15H22N2O/c1-3-13(2)15(18)17-11-9-16(10-12-17)14-7-5-4-6-8-14/h4-8,13H,3,9-12H2,1-2H3/t13-/m1/s1. The summed E-state index contributed by atoms with van der Waals surface area (Å²) in [6, 6.07) is 10.4. The molecule has 18 heavy (non-hydrogen) atoms. The lowest BCUT2D eigenvalue weighted by Crippen LogP contribution is -2.50. The van der Waals surface area contributed by atoms with Crippen LogP contribution in [0.4, 0.5) is 5.69 Å². The first-order chi connectivity index (χ1) is 8.72. The Kier molecular flexibility index (Phi) is 4.24. The van der Waals surface area contributed by atoms with Crippen molar-refractivity contribution in [1.82, 2.24) is 4.90 Å². The molecule has 0 aliphatic carbocycles. The molecule has 1 heterocycles. The molecule has 1 aliphatic heterocycles. The molecule has 0 N–H and O–H groups in total. The Hall–Kier alpha value is -1.51. The highest BCUT2D eigenvalue weighted by atomic mass is 16.2. The second kappa shape index (κ2) is 5.89. The molecule has 2 rings (SSSR count). The number of para-hydroxylation sites is 1. The van der Waals surface area contributed by atoms with Gasteiger partial charge in [-0.2, -0.15) is 0 Å². The lowest BCUT2D eigenvalue weighted by atomic mass is 10.1. The number of carbonyl (C=O) groups is 1. The molecule has 3 nitrogen and oxygen atoms in total. The van der Waals surface area contributed by atoms with Crippen LogP contribution in [0, 0.1) is 5.92 Å². The zero-order chi connectivity index (χ0) is 13.0. The van der Waals surface area contributed by atoms with Gasteiger partial charge < -0.3 is 9.80 Å². The second-order valence-corrected chi connectivity index (χ2v) is 4.96. The first-order valence-electron chi connectivity index (χ1n) is 6.81. The van der Waals surface area contributed by atoms with Crippen molar-refractivity contribution in [2.24, 2.45) is 5.92 Å².